The van der Waals surface area contributed by atoms with Gasteiger partial charge in [0.05, 0.1) is 25.5 Å². The van der Waals surface area contributed by atoms with Crippen LogP contribution in [0.1, 0.15) is 11.8 Å². The third kappa shape index (κ3) is 3.30. The Bertz CT molecular complexity index is 893. The number of aromatic nitrogens is 1. The minimum atomic E-state index is -1.25. The number of phenolic OH excluding ortho intramolecular Hbond substituents is 1. The summed E-state index contributed by atoms with van der Waals surface area (Å²) in [5, 5.41) is 22.0. The fourth-order valence-corrected chi connectivity index (χ4v) is 3.39. The number of aliphatic hydroxyl groups is 1. The molecule has 0 spiro atoms. The average molecular weight is 358 g/mol. The van der Waals surface area contributed by atoms with Gasteiger partial charge in [0.25, 0.3) is 0 Å². The van der Waals surface area contributed by atoms with Crippen LogP contribution in [0.15, 0.2) is 41.8 Å². The average Bonchev–Trinajstić information content (AvgIpc) is 3.10. The first-order chi connectivity index (χ1) is 12.0. The zero-order valence-electron chi connectivity index (χ0n) is 13.8. The molecule has 3 rings (SSSR count). The molecule has 0 amide bonds. The van der Waals surface area contributed by atoms with E-state index in [0.717, 1.165) is 16.1 Å². The number of methoxy groups -OCH3 is 2. The zero-order chi connectivity index (χ0) is 18.0. The highest BCUT2D eigenvalue weighted by Gasteiger charge is 2.16. The molecule has 1 unspecified atom stereocenters. The Morgan fingerprint density at radius 3 is 2.64 bits per heavy atom. The minimum Gasteiger partial charge on any atom is -0.508 e. The van der Waals surface area contributed by atoms with Crippen molar-refractivity contribution < 1.29 is 19.7 Å². The van der Waals surface area contributed by atoms with Gasteiger partial charge in [0, 0.05) is 16.5 Å². The number of nitrogens with two attached hydrogens (primary N) is 1. The SMILES string of the molecule is COc1cccc(-c2nc(-c3ccc(O)c(C(N)O)c3)cs2)c1OC. The standard InChI is InChI=1S/C18H18N2O4S/c1-23-15-5-3-4-11(16(15)24-2)18-20-13(9-25-18)10-6-7-14(21)12(8-10)17(19)22/h3-9,17,21-22H,19H2,1-2H3. The smallest absolute Gasteiger partial charge is 0.170 e. The summed E-state index contributed by atoms with van der Waals surface area (Å²) in [6.07, 6.45) is -1.25. The molecular weight excluding hydrogens is 340 g/mol. The van der Waals surface area contributed by atoms with Crippen LogP contribution in [0.2, 0.25) is 0 Å². The van der Waals surface area contributed by atoms with E-state index in [2.05, 4.69) is 4.98 Å². The van der Waals surface area contributed by atoms with E-state index in [1.165, 1.54) is 17.4 Å². The molecule has 0 saturated carbocycles. The van der Waals surface area contributed by atoms with Crippen LogP contribution in [0.3, 0.4) is 0 Å². The van der Waals surface area contributed by atoms with Gasteiger partial charge in [0.15, 0.2) is 11.5 Å². The Labute approximate surface area is 149 Å². The second-order valence-corrected chi connectivity index (χ2v) is 6.16. The lowest BCUT2D eigenvalue weighted by molar-refractivity contribution is 0.182. The van der Waals surface area contributed by atoms with Crippen molar-refractivity contribution in [3.05, 3.63) is 47.3 Å². The van der Waals surface area contributed by atoms with Crippen molar-refractivity contribution >= 4 is 11.3 Å². The molecule has 1 atom stereocenters. The molecule has 0 radical (unpaired) electrons. The van der Waals surface area contributed by atoms with E-state index in [4.69, 9.17) is 15.2 Å². The maximum Gasteiger partial charge on any atom is 0.170 e. The molecule has 2 aromatic carbocycles. The van der Waals surface area contributed by atoms with E-state index in [1.807, 2.05) is 23.6 Å². The number of hydrogen-bond donors (Lipinski definition) is 3. The molecule has 3 aromatic rings. The summed E-state index contributed by atoms with van der Waals surface area (Å²) >= 11 is 1.46. The molecule has 0 bridgehead atoms. The van der Waals surface area contributed by atoms with Gasteiger partial charge in [-0.05, 0) is 30.3 Å². The summed E-state index contributed by atoms with van der Waals surface area (Å²) in [5.74, 6) is 1.20. The molecule has 0 aliphatic heterocycles. The topological polar surface area (TPSA) is 97.8 Å². The summed E-state index contributed by atoms with van der Waals surface area (Å²) in [6, 6.07) is 10.5. The molecule has 1 heterocycles. The Morgan fingerprint density at radius 1 is 1.16 bits per heavy atom. The summed E-state index contributed by atoms with van der Waals surface area (Å²) < 4.78 is 10.8. The molecular formula is C18H18N2O4S. The van der Waals surface area contributed by atoms with Crippen molar-refractivity contribution in [2.75, 3.05) is 14.2 Å². The van der Waals surface area contributed by atoms with E-state index in [-0.39, 0.29) is 11.3 Å². The highest BCUT2D eigenvalue weighted by atomic mass is 32.1. The van der Waals surface area contributed by atoms with Gasteiger partial charge in [-0.2, -0.15) is 0 Å². The fraction of sp³-hybridized carbons (Fsp3) is 0.167. The van der Waals surface area contributed by atoms with Crippen LogP contribution in [-0.2, 0) is 0 Å². The number of aliphatic hydroxyl groups excluding tert-OH is 1. The summed E-state index contributed by atoms with van der Waals surface area (Å²) in [7, 11) is 3.18. The van der Waals surface area contributed by atoms with Crippen molar-refractivity contribution in [1.29, 1.82) is 0 Å². The van der Waals surface area contributed by atoms with Crippen molar-refractivity contribution in [2.24, 2.45) is 5.73 Å². The van der Waals surface area contributed by atoms with Crippen LogP contribution in [-0.4, -0.2) is 29.4 Å². The van der Waals surface area contributed by atoms with Gasteiger partial charge in [-0.3, -0.25) is 0 Å². The summed E-state index contributed by atoms with van der Waals surface area (Å²) in [4.78, 5) is 4.64. The normalized spacial score (nSPS) is 12.0. The van der Waals surface area contributed by atoms with Crippen molar-refractivity contribution in [3.8, 4) is 39.1 Å². The van der Waals surface area contributed by atoms with E-state index in [0.29, 0.717) is 17.2 Å². The second kappa shape index (κ2) is 7.10. The Balaban J connectivity index is 2.03. The molecule has 4 N–H and O–H groups in total. The van der Waals surface area contributed by atoms with Gasteiger partial charge in [0.1, 0.15) is 17.0 Å². The van der Waals surface area contributed by atoms with E-state index in [9.17, 15) is 10.2 Å². The van der Waals surface area contributed by atoms with Crippen molar-refractivity contribution in [1.82, 2.24) is 4.98 Å². The molecule has 7 heteroatoms. The van der Waals surface area contributed by atoms with E-state index < -0.39 is 6.23 Å². The van der Waals surface area contributed by atoms with Crippen LogP contribution < -0.4 is 15.2 Å². The van der Waals surface area contributed by atoms with E-state index >= 15 is 0 Å². The third-order valence-electron chi connectivity index (χ3n) is 3.78. The lowest BCUT2D eigenvalue weighted by atomic mass is 10.1. The molecule has 0 aliphatic rings. The Hall–Kier alpha value is -2.61. The van der Waals surface area contributed by atoms with Gasteiger partial charge in [-0.15, -0.1) is 11.3 Å². The molecule has 1 aromatic heterocycles. The molecule has 0 saturated heterocycles. The van der Waals surface area contributed by atoms with Crippen LogP contribution in [0.4, 0.5) is 0 Å². The van der Waals surface area contributed by atoms with E-state index in [1.54, 1.807) is 26.4 Å². The third-order valence-corrected chi connectivity index (χ3v) is 4.66. The number of thiazole rings is 1. The number of hydrogen-bond acceptors (Lipinski definition) is 7. The minimum absolute atomic E-state index is 0.0522. The predicted octanol–water partition coefficient (Wildman–Crippen LogP) is 3.15. The zero-order valence-corrected chi connectivity index (χ0v) is 14.6. The fourth-order valence-electron chi connectivity index (χ4n) is 2.54. The van der Waals surface area contributed by atoms with Gasteiger partial charge in [-0.25, -0.2) is 4.98 Å². The molecule has 130 valence electrons. The highest BCUT2D eigenvalue weighted by Crippen LogP contribution is 2.40. The molecule has 6 nitrogen and oxygen atoms in total. The van der Waals surface area contributed by atoms with Crippen molar-refractivity contribution in [3.63, 3.8) is 0 Å². The largest absolute Gasteiger partial charge is 0.508 e. The maximum atomic E-state index is 9.77. The Morgan fingerprint density at radius 2 is 1.96 bits per heavy atom. The van der Waals surface area contributed by atoms with Crippen LogP contribution in [0.25, 0.3) is 21.8 Å². The number of aromatic hydroxyl groups is 1. The summed E-state index contributed by atoms with van der Waals surface area (Å²) in [5.41, 5.74) is 8.03. The Kier molecular flexibility index (Phi) is 4.89. The van der Waals surface area contributed by atoms with Gasteiger partial charge in [-0.1, -0.05) is 6.07 Å². The second-order valence-electron chi connectivity index (χ2n) is 5.30. The molecule has 25 heavy (non-hydrogen) atoms. The number of nitrogens with zero attached hydrogens (tertiary/aromatic N) is 1. The van der Waals surface area contributed by atoms with Gasteiger partial charge in [0.2, 0.25) is 0 Å². The molecule has 0 aliphatic carbocycles. The summed E-state index contributed by atoms with van der Waals surface area (Å²) in [6.45, 7) is 0. The highest BCUT2D eigenvalue weighted by molar-refractivity contribution is 7.13. The lowest BCUT2D eigenvalue weighted by Gasteiger charge is -2.10. The van der Waals surface area contributed by atoms with Crippen molar-refractivity contribution in [2.45, 2.75) is 6.23 Å². The number of benzene rings is 2. The van der Waals surface area contributed by atoms with Crippen LogP contribution in [0.5, 0.6) is 17.2 Å². The predicted molar refractivity (Wildman–Crippen MR) is 96.9 cm³/mol. The quantitative estimate of drug-likeness (QED) is 0.606. The number of ether oxygens (including phenoxy) is 2. The number of para-hydroxylation sites is 1. The van der Waals surface area contributed by atoms with Gasteiger partial charge >= 0.3 is 0 Å². The first kappa shape index (κ1) is 17.2. The lowest BCUT2D eigenvalue weighted by Crippen LogP contribution is -2.08. The van der Waals surface area contributed by atoms with Gasteiger partial charge < -0.3 is 25.4 Å². The first-order valence-electron chi connectivity index (χ1n) is 7.49. The first-order valence-corrected chi connectivity index (χ1v) is 8.37. The maximum absolute atomic E-state index is 9.77. The van der Waals surface area contributed by atoms with Crippen LogP contribution in [0, 0.1) is 0 Å². The van der Waals surface area contributed by atoms with Crippen LogP contribution >= 0.6 is 11.3 Å². The number of phenols is 1. The molecule has 0 fully saturated rings. The number of rotatable bonds is 5. The monoisotopic (exact) mass is 358 g/mol.